The molecule has 0 saturated heterocycles. The molecule has 104 valence electrons. The van der Waals surface area contributed by atoms with Crippen molar-refractivity contribution in [3.8, 4) is 22.6 Å². The van der Waals surface area contributed by atoms with E-state index in [2.05, 4.69) is 0 Å². The minimum Gasteiger partial charge on any atom is -0.493 e. The summed E-state index contributed by atoms with van der Waals surface area (Å²) >= 11 is 6.05. The molecule has 2 aromatic rings. The summed E-state index contributed by atoms with van der Waals surface area (Å²) in [5.74, 6) is 0.956. The van der Waals surface area contributed by atoms with Crippen molar-refractivity contribution in [1.82, 2.24) is 0 Å². The highest BCUT2D eigenvalue weighted by molar-refractivity contribution is 6.30. The number of aryl methyl sites for hydroxylation is 1. The molecule has 0 radical (unpaired) electrons. The van der Waals surface area contributed by atoms with Crippen LogP contribution in [-0.4, -0.2) is 20.5 Å². The molecule has 0 saturated carbocycles. The molecule has 0 fully saturated rings. The molecule has 0 spiro atoms. The number of aldehydes is 1. The van der Waals surface area contributed by atoms with Gasteiger partial charge in [-0.2, -0.15) is 0 Å². The molecule has 0 N–H and O–H groups in total. The lowest BCUT2D eigenvalue weighted by Gasteiger charge is -2.14. The molecule has 0 amide bonds. The van der Waals surface area contributed by atoms with Gasteiger partial charge in [0.25, 0.3) is 0 Å². The second kappa shape index (κ2) is 5.97. The summed E-state index contributed by atoms with van der Waals surface area (Å²) in [6.07, 6.45) is 0.755. The highest BCUT2D eigenvalue weighted by atomic mass is 35.5. The molecule has 0 unspecified atom stereocenters. The molecule has 0 atom stereocenters. The summed E-state index contributed by atoms with van der Waals surface area (Å²) in [4.78, 5) is 11.2. The third kappa shape index (κ3) is 2.63. The van der Waals surface area contributed by atoms with Crippen molar-refractivity contribution in [1.29, 1.82) is 0 Å². The fourth-order valence-electron chi connectivity index (χ4n) is 2.14. The molecule has 0 aliphatic heterocycles. The summed E-state index contributed by atoms with van der Waals surface area (Å²) in [5, 5.41) is 0.646. The first kappa shape index (κ1) is 14.4. The highest BCUT2D eigenvalue weighted by Crippen LogP contribution is 2.37. The predicted molar refractivity (Wildman–Crippen MR) is 80.1 cm³/mol. The number of hydrogen-bond acceptors (Lipinski definition) is 3. The molecule has 0 aromatic heterocycles. The van der Waals surface area contributed by atoms with Crippen molar-refractivity contribution in [3.05, 3.63) is 46.5 Å². The molecule has 0 aliphatic carbocycles. The van der Waals surface area contributed by atoms with Gasteiger partial charge in [0.2, 0.25) is 0 Å². The summed E-state index contributed by atoms with van der Waals surface area (Å²) in [5.41, 5.74) is 3.34. The molecule has 0 aliphatic rings. The number of rotatable bonds is 4. The van der Waals surface area contributed by atoms with Gasteiger partial charge in [-0.15, -0.1) is 0 Å². The zero-order valence-electron chi connectivity index (χ0n) is 11.6. The Morgan fingerprint density at radius 1 is 1.10 bits per heavy atom. The molecule has 3 nitrogen and oxygen atoms in total. The van der Waals surface area contributed by atoms with Crippen LogP contribution < -0.4 is 9.47 Å². The van der Waals surface area contributed by atoms with E-state index in [-0.39, 0.29) is 0 Å². The van der Waals surface area contributed by atoms with E-state index < -0.39 is 0 Å². The van der Waals surface area contributed by atoms with Crippen molar-refractivity contribution < 1.29 is 14.3 Å². The van der Waals surface area contributed by atoms with E-state index in [1.165, 1.54) is 7.11 Å². The third-order valence-electron chi connectivity index (χ3n) is 3.15. The van der Waals surface area contributed by atoms with Crippen LogP contribution in [0, 0.1) is 6.92 Å². The lowest BCUT2D eigenvalue weighted by molar-refractivity contribution is 0.112. The number of carbonyl (C=O) groups is 1. The van der Waals surface area contributed by atoms with Gasteiger partial charge < -0.3 is 9.47 Å². The monoisotopic (exact) mass is 290 g/mol. The predicted octanol–water partition coefficient (Wildman–Crippen LogP) is 4.15. The maximum absolute atomic E-state index is 11.2. The maximum atomic E-state index is 11.2. The van der Waals surface area contributed by atoms with Crippen LogP contribution in [0.5, 0.6) is 11.5 Å². The van der Waals surface area contributed by atoms with Crippen LogP contribution in [-0.2, 0) is 0 Å². The smallest absolute Gasteiger partial charge is 0.171 e. The summed E-state index contributed by atoms with van der Waals surface area (Å²) in [6.45, 7) is 1.99. The Kier molecular flexibility index (Phi) is 4.30. The quantitative estimate of drug-likeness (QED) is 0.794. The Balaban J connectivity index is 2.69. The van der Waals surface area contributed by atoms with Gasteiger partial charge in [-0.1, -0.05) is 17.7 Å². The Morgan fingerprint density at radius 2 is 1.85 bits per heavy atom. The zero-order chi connectivity index (χ0) is 14.7. The first-order chi connectivity index (χ1) is 9.60. The van der Waals surface area contributed by atoms with Crippen LogP contribution in [0.3, 0.4) is 0 Å². The summed E-state index contributed by atoms with van der Waals surface area (Å²) in [6, 6.07) is 9.25. The number of carbonyl (C=O) groups excluding carboxylic acids is 1. The van der Waals surface area contributed by atoms with E-state index in [0.29, 0.717) is 22.1 Å². The third-order valence-corrected chi connectivity index (χ3v) is 3.38. The average Bonchev–Trinajstić information content (AvgIpc) is 2.48. The van der Waals surface area contributed by atoms with E-state index in [0.717, 1.165) is 23.0 Å². The van der Waals surface area contributed by atoms with E-state index >= 15 is 0 Å². The Hall–Kier alpha value is -2.00. The van der Waals surface area contributed by atoms with Gasteiger partial charge in [-0.05, 0) is 47.9 Å². The molecule has 2 rings (SSSR count). The Bertz CT molecular complexity index is 650. The first-order valence-corrected chi connectivity index (χ1v) is 6.46. The second-order valence-electron chi connectivity index (χ2n) is 4.38. The second-order valence-corrected chi connectivity index (χ2v) is 4.81. The fourth-order valence-corrected chi connectivity index (χ4v) is 2.31. The Morgan fingerprint density at radius 3 is 2.45 bits per heavy atom. The number of halogens is 1. The van der Waals surface area contributed by atoms with Gasteiger partial charge in [0, 0.05) is 5.02 Å². The lowest BCUT2D eigenvalue weighted by Crippen LogP contribution is -1.97. The normalized spacial score (nSPS) is 10.2. The van der Waals surface area contributed by atoms with Crippen LogP contribution in [0.4, 0.5) is 0 Å². The topological polar surface area (TPSA) is 35.5 Å². The maximum Gasteiger partial charge on any atom is 0.171 e. The standard InChI is InChI=1S/C16H15ClO3/c1-10-4-5-13(17)8-14(10)11-6-12(9-18)16(20-3)15(7-11)19-2/h4-9H,1-3H3. The SMILES string of the molecule is COc1cc(-c2cc(Cl)ccc2C)cc(C=O)c1OC. The van der Waals surface area contributed by atoms with Crippen LogP contribution >= 0.6 is 11.6 Å². The zero-order valence-corrected chi connectivity index (χ0v) is 12.3. The van der Waals surface area contributed by atoms with Gasteiger partial charge in [-0.25, -0.2) is 0 Å². The van der Waals surface area contributed by atoms with Crippen LogP contribution in [0.25, 0.3) is 11.1 Å². The van der Waals surface area contributed by atoms with Gasteiger partial charge in [0.1, 0.15) is 0 Å². The van der Waals surface area contributed by atoms with E-state index in [1.807, 2.05) is 31.2 Å². The van der Waals surface area contributed by atoms with Crippen molar-refractivity contribution in [2.45, 2.75) is 6.92 Å². The van der Waals surface area contributed by atoms with Gasteiger partial charge in [0.05, 0.1) is 19.8 Å². The lowest BCUT2D eigenvalue weighted by atomic mass is 9.98. The molecule has 20 heavy (non-hydrogen) atoms. The molecule has 4 heteroatoms. The number of methoxy groups -OCH3 is 2. The van der Waals surface area contributed by atoms with E-state index in [1.54, 1.807) is 13.2 Å². The number of ether oxygens (including phenoxy) is 2. The summed E-state index contributed by atoms with van der Waals surface area (Å²) in [7, 11) is 3.05. The molecule has 0 bridgehead atoms. The van der Waals surface area contributed by atoms with Crippen molar-refractivity contribution >= 4 is 17.9 Å². The van der Waals surface area contributed by atoms with E-state index in [9.17, 15) is 4.79 Å². The van der Waals surface area contributed by atoms with Gasteiger partial charge in [0.15, 0.2) is 17.8 Å². The Labute approximate surface area is 123 Å². The van der Waals surface area contributed by atoms with Crippen molar-refractivity contribution in [2.24, 2.45) is 0 Å². The number of benzene rings is 2. The molecule has 2 aromatic carbocycles. The van der Waals surface area contributed by atoms with Crippen LogP contribution in [0.15, 0.2) is 30.3 Å². The van der Waals surface area contributed by atoms with Crippen LogP contribution in [0.1, 0.15) is 15.9 Å². The van der Waals surface area contributed by atoms with E-state index in [4.69, 9.17) is 21.1 Å². The molecular weight excluding hydrogens is 276 g/mol. The minimum absolute atomic E-state index is 0.436. The molecular formula is C16H15ClO3. The van der Waals surface area contributed by atoms with Crippen LogP contribution in [0.2, 0.25) is 5.02 Å². The fraction of sp³-hybridized carbons (Fsp3) is 0.188. The minimum atomic E-state index is 0.436. The first-order valence-electron chi connectivity index (χ1n) is 6.08. The van der Waals surface area contributed by atoms with Crippen molar-refractivity contribution in [3.63, 3.8) is 0 Å². The largest absolute Gasteiger partial charge is 0.493 e. The highest BCUT2D eigenvalue weighted by Gasteiger charge is 2.14. The summed E-state index contributed by atoms with van der Waals surface area (Å²) < 4.78 is 10.5. The average molecular weight is 291 g/mol. The number of hydrogen-bond donors (Lipinski definition) is 0. The van der Waals surface area contributed by atoms with Gasteiger partial charge >= 0.3 is 0 Å². The van der Waals surface area contributed by atoms with Gasteiger partial charge in [-0.3, -0.25) is 4.79 Å². The molecule has 0 heterocycles. The van der Waals surface area contributed by atoms with Crippen molar-refractivity contribution in [2.75, 3.05) is 14.2 Å².